The van der Waals surface area contributed by atoms with E-state index in [0.717, 1.165) is 0 Å². The van der Waals surface area contributed by atoms with Gasteiger partial charge in [0.25, 0.3) is 0 Å². The highest BCUT2D eigenvalue weighted by Gasteiger charge is 2.32. The lowest BCUT2D eigenvalue weighted by atomic mass is 10.1. The van der Waals surface area contributed by atoms with Crippen molar-refractivity contribution in [1.82, 2.24) is 9.46 Å². The summed E-state index contributed by atoms with van der Waals surface area (Å²) in [5.41, 5.74) is 0.906. The van der Waals surface area contributed by atoms with Crippen LogP contribution in [-0.2, 0) is 23.0 Å². The molecule has 2 rings (SSSR count). The van der Waals surface area contributed by atoms with Crippen molar-refractivity contribution < 1.29 is 22.8 Å². The van der Waals surface area contributed by atoms with Gasteiger partial charge in [-0.2, -0.15) is 4.31 Å². The van der Waals surface area contributed by atoms with Gasteiger partial charge in [-0.25, -0.2) is 13.2 Å². The maximum Gasteiger partial charge on any atom is 0.375 e. The van der Waals surface area contributed by atoms with E-state index >= 15 is 0 Å². The number of carbonyl (C=O) groups is 1. The molecule has 1 aromatic heterocycles. The van der Waals surface area contributed by atoms with E-state index in [4.69, 9.17) is 9.63 Å². The molecule has 0 saturated carbocycles. The molecule has 0 atom stereocenters. The minimum absolute atomic E-state index is 0.0306. The lowest BCUT2D eigenvalue weighted by Crippen LogP contribution is -2.37. The minimum Gasteiger partial charge on any atom is -0.475 e. The molecule has 2 heterocycles. The second-order valence-electron chi connectivity index (χ2n) is 4.14. The first kappa shape index (κ1) is 13.0. The Morgan fingerprint density at radius 3 is 2.89 bits per heavy atom. The van der Waals surface area contributed by atoms with Gasteiger partial charge in [-0.15, -0.1) is 0 Å². The first-order chi connectivity index (χ1) is 8.45. The average Bonchev–Trinajstić information content (AvgIpc) is 2.71. The fourth-order valence-corrected chi connectivity index (χ4v) is 3.45. The van der Waals surface area contributed by atoms with Crippen LogP contribution in [-0.4, -0.2) is 41.3 Å². The smallest absolute Gasteiger partial charge is 0.375 e. The van der Waals surface area contributed by atoms with E-state index in [1.165, 1.54) is 4.31 Å². The predicted molar refractivity (Wildman–Crippen MR) is 61.7 cm³/mol. The largest absolute Gasteiger partial charge is 0.475 e. The second-order valence-corrected chi connectivity index (χ2v) is 6.23. The minimum atomic E-state index is -3.33. The molecule has 0 amide bonds. The lowest BCUT2D eigenvalue weighted by molar-refractivity contribution is 0.0649. The number of fused-ring (bicyclic) bond motifs is 1. The zero-order valence-electron chi connectivity index (χ0n) is 9.92. The van der Waals surface area contributed by atoms with Crippen molar-refractivity contribution in [2.45, 2.75) is 26.3 Å². The maximum absolute atomic E-state index is 11.9. The Morgan fingerprint density at radius 2 is 2.28 bits per heavy atom. The van der Waals surface area contributed by atoms with Crippen molar-refractivity contribution in [3.63, 3.8) is 0 Å². The molecular weight excluding hydrogens is 260 g/mol. The number of aromatic nitrogens is 1. The van der Waals surface area contributed by atoms with Crippen LogP contribution in [0.2, 0.25) is 0 Å². The van der Waals surface area contributed by atoms with Gasteiger partial charge in [0.15, 0.2) is 0 Å². The van der Waals surface area contributed by atoms with Crippen molar-refractivity contribution in [2.24, 2.45) is 0 Å². The van der Waals surface area contributed by atoms with Gasteiger partial charge in [-0.1, -0.05) is 12.1 Å². The monoisotopic (exact) mass is 274 g/mol. The third kappa shape index (κ3) is 2.25. The number of rotatable bonds is 4. The Balaban J connectivity index is 2.29. The standard InChI is InChI=1S/C10H14N2O5S/c1-2-5-18(15,16)12-4-3-8-7(6-12)9(10(13)14)17-11-8/h2-6H2,1H3,(H,13,14). The Bertz CT molecular complexity index is 563. The Labute approximate surface area is 104 Å². The van der Waals surface area contributed by atoms with Crippen molar-refractivity contribution >= 4 is 16.0 Å². The van der Waals surface area contributed by atoms with Gasteiger partial charge in [-0.05, 0) is 6.42 Å². The molecule has 0 radical (unpaired) electrons. The molecule has 100 valence electrons. The van der Waals surface area contributed by atoms with E-state index in [1.807, 2.05) is 0 Å². The van der Waals surface area contributed by atoms with Crippen LogP contribution < -0.4 is 0 Å². The highest BCUT2D eigenvalue weighted by atomic mass is 32.2. The van der Waals surface area contributed by atoms with Gasteiger partial charge in [0.2, 0.25) is 15.8 Å². The van der Waals surface area contributed by atoms with Crippen molar-refractivity contribution in [3.8, 4) is 0 Å². The molecule has 0 aliphatic carbocycles. The van der Waals surface area contributed by atoms with E-state index in [-0.39, 0.29) is 18.1 Å². The average molecular weight is 274 g/mol. The Hall–Kier alpha value is -1.41. The van der Waals surface area contributed by atoms with E-state index in [9.17, 15) is 13.2 Å². The summed E-state index contributed by atoms with van der Waals surface area (Å²) in [6.45, 7) is 2.14. The van der Waals surface area contributed by atoms with Crippen LogP contribution in [0, 0.1) is 0 Å². The molecule has 1 aromatic rings. The van der Waals surface area contributed by atoms with Gasteiger partial charge in [0.1, 0.15) is 0 Å². The molecule has 0 spiro atoms. The molecule has 1 aliphatic heterocycles. The molecule has 0 bridgehead atoms. The number of carboxylic acid groups (broad SMARTS) is 1. The third-order valence-corrected chi connectivity index (χ3v) is 4.87. The molecule has 8 heteroatoms. The number of hydrogen-bond donors (Lipinski definition) is 1. The van der Waals surface area contributed by atoms with Crippen LogP contribution >= 0.6 is 0 Å². The number of carboxylic acids is 1. The molecule has 18 heavy (non-hydrogen) atoms. The first-order valence-electron chi connectivity index (χ1n) is 5.64. The Morgan fingerprint density at radius 1 is 1.56 bits per heavy atom. The number of aromatic carboxylic acids is 1. The summed E-state index contributed by atoms with van der Waals surface area (Å²) < 4.78 is 29.9. The molecule has 0 fully saturated rings. The summed E-state index contributed by atoms with van der Waals surface area (Å²) in [4.78, 5) is 10.9. The normalized spacial score (nSPS) is 16.5. The summed E-state index contributed by atoms with van der Waals surface area (Å²) in [5, 5.41) is 12.6. The van der Waals surface area contributed by atoms with Crippen molar-refractivity contribution in [2.75, 3.05) is 12.3 Å². The summed E-state index contributed by atoms with van der Waals surface area (Å²) in [5.74, 6) is -1.42. The summed E-state index contributed by atoms with van der Waals surface area (Å²) in [6, 6.07) is 0. The van der Waals surface area contributed by atoms with Gasteiger partial charge in [-0.3, -0.25) is 0 Å². The molecule has 0 aromatic carbocycles. The fourth-order valence-electron chi connectivity index (χ4n) is 1.98. The molecule has 1 aliphatic rings. The lowest BCUT2D eigenvalue weighted by Gasteiger charge is -2.25. The summed E-state index contributed by atoms with van der Waals surface area (Å²) in [7, 11) is -3.33. The van der Waals surface area contributed by atoms with Gasteiger partial charge >= 0.3 is 5.97 Å². The number of sulfonamides is 1. The van der Waals surface area contributed by atoms with Crippen LogP contribution in [0.1, 0.15) is 35.2 Å². The second kappa shape index (κ2) is 4.69. The Kier molecular flexibility index (Phi) is 3.40. The quantitative estimate of drug-likeness (QED) is 0.856. The zero-order valence-corrected chi connectivity index (χ0v) is 10.7. The third-order valence-electron chi connectivity index (χ3n) is 2.85. The van der Waals surface area contributed by atoms with Crippen molar-refractivity contribution in [1.29, 1.82) is 0 Å². The molecule has 0 saturated heterocycles. The van der Waals surface area contributed by atoms with Crippen LogP contribution in [0.5, 0.6) is 0 Å². The van der Waals surface area contributed by atoms with Crippen molar-refractivity contribution in [3.05, 3.63) is 17.0 Å². The molecule has 0 unspecified atom stereocenters. The predicted octanol–water partition coefficient (Wildman–Crippen LogP) is 0.471. The highest BCUT2D eigenvalue weighted by molar-refractivity contribution is 7.89. The zero-order chi connectivity index (χ0) is 13.3. The first-order valence-corrected chi connectivity index (χ1v) is 7.25. The highest BCUT2D eigenvalue weighted by Crippen LogP contribution is 2.24. The fraction of sp³-hybridized carbons (Fsp3) is 0.600. The van der Waals surface area contributed by atoms with Crippen LogP contribution in [0.25, 0.3) is 0 Å². The van der Waals surface area contributed by atoms with E-state index in [0.29, 0.717) is 30.6 Å². The summed E-state index contributed by atoms with van der Waals surface area (Å²) in [6.07, 6.45) is 0.913. The number of nitrogens with zero attached hydrogens (tertiary/aromatic N) is 2. The van der Waals surface area contributed by atoms with Crippen LogP contribution in [0.15, 0.2) is 4.52 Å². The van der Waals surface area contributed by atoms with Gasteiger partial charge in [0, 0.05) is 25.1 Å². The van der Waals surface area contributed by atoms with Crippen LogP contribution in [0.4, 0.5) is 0 Å². The summed E-state index contributed by atoms with van der Waals surface area (Å²) >= 11 is 0. The number of hydrogen-bond acceptors (Lipinski definition) is 5. The van der Waals surface area contributed by atoms with Gasteiger partial charge < -0.3 is 9.63 Å². The van der Waals surface area contributed by atoms with Gasteiger partial charge in [0.05, 0.1) is 11.4 Å². The van der Waals surface area contributed by atoms with Crippen LogP contribution in [0.3, 0.4) is 0 Å². The molecule has 1 N–H and O–H groups in total. The molecule has 7 nitrogen and oxygen atoms in total. The SMILES string of the molecule is CCCS(=O)(=O)N1CCc2noc(C(=O)O)c2C1. The molecular formula is C10H14N2O5S. The van der Waals surface area contributed by atoms with E-state index in [2.05, 4.69) is 5.16 Å². The van der Waals surface area contributed by atoms with E-state index < -0.39 is 16.0 Å². The van der Waals surface area contributed by atoms with E-state index in [1.54, 1.807) is 6.92 Å². The topological polar surface area (TPSA) is 101 Å². The maximum atomic E-state index is 11.9.